The van der Waals surface area contributed by atoms with Crippen molar-refractivity contribution in [2.75, 3.05) is 0 Å². The van der Waals surface area contributed by atoms with Crippen LogP contribution in [0.4, 0.5) is 0 Å². The number of hydrogen-bond donors (Lipinski definition) is 0. The Balaban J connectivity index is 0.00000306. The first-order valence-corrected chi connectivity index (χ1v) is 11.8. The smallest absolute Gasteiger partial charge is 1.00 e. The fourth-order valence-corrected chi connectivity index (χ4v) is 5.67. The molecule has 0 unspecified atom stereocenters. The minimum Gasteiger partial charge on any atom is -1.00 e. The van der Waals surface area contributed by atoms with Crippen molar-refractivity contribution < 1.29 is 58.9 Å². The van der Waals surface area contributed by atoms with Crippen LogP contribution in [-0.4, -0.2) is 0 Å². The van der Waals surface area contributed by atoms with Crippen molar-refractivity contribution in [1.29, 1.82) is 0 Å². The fraction of sp³-hybridized carbons (Fsp3) is 0.281. The standard InChI is InChI=1S/C32H35.3ClH.Ti/c1-8-27-10-9-11-31(27)32(28-15-21(2)12-22(3)16-28,29-17-23(4)13-24(5)18-29)30-19-25(6)14-26(7)20-30;;;;/h9-20H,8H2,1-7H3;3*1H;/q-1;;;;+4/p-3. The first-order valence-electron chi connectivity index (χ1n) is 11.8. The SMILES string of the molecule is CCc1ccc[c-]1C(c1cc(C)cc(C)c1)(c1cc(C)cc(C)c1)c1cc(C)cc(C)c1.[Cl-].[Cl-].[Cl-].[Ti+4]. The van der Waals surface area contributed by atoms with Crippen molar-refractivity contribution in [3.8, 4) is 0 Å². The summed E-state index contributed by atoms with van der Waals surface area (Å²) in [7, 11) is 0. The maximum Gasteiger partial charge on any atom is 4.00 e. The van der Waals surface area contributed by atoms with Crippen LogP contribution in [0, 0.1) is 41.5 Å². The van der Waals surface area contributed by atoms with Crippen LogP contribution < -0.4 is 37.2 Å². The van der Waals surface area contributed by atoms with E-state index in [0.29, 0.717) is 0 Å². The Morgan fingerprint density at radius 1 is 0.556 bits per heavy atom. The average Bonchev–Trinajstić information content (AvgIpc) is 3.15. The molecule has 0 spiro atoms. The predicted octanol–water partition coefficient (Wildman–Crippen LogP) is -0.789. The molecule has 0 nitrogen and oxygen atoms in total. The molecule has 4 aromatic carbocycles. The first kappa shape index (κ1) is 34.6. The molecule has 4 rings (SSSR count). The third-order valence-electron chi connectivity index (χ3n) is 6.66. The Hall–Kier alpha value is -1.41. The summed E-state index contributed by atoms with van der Waals surface area (Å²) in [6, 6.07) is 28.1. The molecule has 0 aliphatic heterocycles. The van der Waals surface area contributed by atoms with Crippen LogP contribution in [0.2, 0.25) is 0 Å². The van der Waals surface area contributed by atoms with Crippen LogP contribution in [0.1, 0.15) is 68.1 Å². The summed E-state index contributed by atoms with van der Waals surface area (Å²) in [5.41, 5.74) is 14.4. The van der Waals surface area contributed by atoms with Crippen LogP contribution in [0.5, 0.6) is 0 Å². The van der Waals surface area contributed by atoms with Crippen LogP contribution in [0.3, 0.4) is 0 Å². The van der Waals surface area contributed by atoms with Crippen molar-refractivity contribution in [2.24, 2.45) is 0 Å². The zero-order chi connectivity index (χ0) is 23.0. The van der Waals surface area contributed by atoms with Gasteiger partial charge in [-0.3, -0.25) is 0 Å². The van der Waals surface area contributed by atoms with Gasteiger partial charge in [0.15, 0.2) is 0 Å². The summed E-state index contributed by atoms with van der Waals surface area (Å²) in [5.74, 6) is 0. The van der Waals surface area contributed by atoms with Crippen LogP contribution in [-0.2, 0) is 33.6 Å². The Morgan fingerprint density at radius 2 is 0.861 bits per heavy atom. The zero-order valence-corrected chi connectivity index (χ0v) is 26.1. The van der Waals surface area contributed by atoms with E-state index in [-0.39, 0.29) is 64.4 Å². The maximum absolute atomic E-state index is 2.40. The van der Waals surface area contributed by atoms with E-state index in [2.05, 4.69) is 121 Å². The molecule has 0 saturated carbocycles. The van der Waals surface area contributed by atoms with E-state index < -0.39 is 0 Å². The van der Waals surface area contributed by atoms with E-state index in [1.807, 2.05) is 0 Å². The second-order valence-electron chi connectivity index (χ2n) is 9.70. The van der Waals surface area contributed by atoms with Crippen LogP contribution in [0.25, 0.3) is 0 Å². The Morgan fingerprint density at radius 3 is 1.14 bits per heavy atom. The summed E-state index contributed by atoms with van der Waals surface area (Å²) >= 11 is 0. The second kappa shape index (κ2) is 13.9. The number of halogens is 3. The topological polar surface area (TPSA) is 0 Å². The molecule has 0 aliphatic rings. The van der Waals surface area contributed by atoms with Gasteiger partial charge in [-0.1, -0.05) is 101 Å². The van der Waals surface area contributed by atoms with Gasteiger partial charge in [0.1, 0.15) is 0 Å². The van der Waals surface area contributed by atoms with Gasteiger partial charge in [-0.2, -0.15) is 11.6 Å². The van der Waals surface area contributed by atoms with E-state index >= 15 is 0 Å². The molecule has 0 amide bonds. The number of aryl methyl sites for hydroxylation is 7. The van der Waals surface area contributed by atoms with Gasteiger partial charge < -0.3 is 37.2 Å². The van der Waals surface area contributed by atoms with Gasteiger partial charge >= 0.3 is 21.7 Å². The van der Waals surface area contributed by atoms with E-state index in [0.717, 1.165) is 6.42 Å². The van der Waals surface area contributed by atoms with Gasteiger partial charge in [-0.05, 0) is 58.2 Å². The molecule has 0 aromatic heterocycles. The van der Waals surface area contributed by atoms with Crippen molar-refractivity contribution in [3.05, 3.63) is 134 Å². The predicted molar refractivity (Wildman–Crippen MR) is 138 cm³/mol. The van der Waals surface area contributed by atoms with Crippen molar-refractivity contribution in [3.63, 3.8) is 0 Å². The van der Waals surface area contributed by atoms with Gasteiger partial charge in [0.05, 0.1) is 0 Å². The molecule has 0 fully saturated rings. The zero-order valence-electron chi connectivity index (χ0n) is 22.3. The Kier molecular flexibility index (Phi) is 13.4. The molecule has 0 saturated heterocycles. The van der Waals surface area contributed by atoms with Gasteiger partial charge in [0.25, 0.3) is 0 Å². The van der Waals surface area contributed by atoms with E-state index in [1.54, 1.807) is 0 Å². The molecule has 0 N–H and O–H groups in total. The maximum atomic E-state index is 2.40. The third kappa shape index (κ3) is 6.53. The molecule has 36 heavy (non-hydrogen) atoms. The van der Waals surface area contributed by atoms with Crippen molar-refractivity contribution >= 4 is 0 Å². The van der Waals surface area contributed by atoms with Gasteiger partial charge in [-0.15, -0.1) is 5.56 Å². The molecule has 0 bridgehead atoms. The van der Waals surface area contributed by atoms with Crippen molar-refractivity contribution in [1.82, 2.24) is 0 Å². The quantitative estimate of drug-likeness (QED) is 0.167. The minimum absolute atomic E-state index is 0. The molecule has 0 atom stereocenters. The molecule has 0 aliphatic carbocycles. The molecule has 4 heteroatoms. The number of benzene rings is 3. The Bertz CT molecular complexity index is 1100. The normalized spacial score (nSPS) is 10.4. The van der Waals surface area contributed by atoms with Crippen LogP contribution in [0.15, 0.2) is 72.8 Å². The summed E-state index contributed by atoms with van der Waals surface area (Å²) in [6.07, 6.45) is 1.02. The fourth-order valence-electron chi connectivity index (χ4n) is 5.67. The van der Waals surface area contributed by atoms with E-state index in [4.69, 9.17) is 0 Å². The summed E-state index contributed by atoms with van der Waals surface area (Å²) in [5, 5.41) is 0. The average molecular weight is 574 g/mol. The van der Waals surface area contributed by atoms with Gasteiger partial charge in [0.2, 0.25) is 0 Å². The van der Waals surface area contributed by atoms with Gasteiger partial charge in [0, 0.05) is 5.41 Å². The second-order valence-corrected chi connectivity index (χ2v) is 9.70. The minimum atomic E-state index is -0.362. The molecule has 0 heterocycles. The van der Waals surface area contributed by atoms with E-state index in [9.17, 15) is 0 Å². The molecular weight excluding hydrogens is 539 g/mol. The van der Waals surface area contributed by atoms with Crippen LogP contribution >= 0.6 is 0 Å². The monoisotopic (exact) mass is 572 g/mol. The molecule has 0 radical (unpaired) electrons. The molecular formula is C32H35Cl3Ti. The summed E-state index contributed by atoms with van der Waals surface area (Å²) in [4.78, 5) is 0. The number of rotatable bonds is 5. The summed E-state index contributed by atoms with van der Waals surface area (Å²) in [6.45, 7) is 15.6. The van der Waals surface area contributed by atoms with Crippen molar-refractivity contribution in [2.45, 2.75) is 60.3 Å². The first-order chi connectivity index (χ1) is 15.2. The number of hydrogen-bond acceptors (Lipinski definition) is 0. The van der Waals surface area contributed by atoms with E-state index in [1.165, 1.54) is 61.2 Å². The largest absolute Gasteiger partial charge is 4.00 e. The Labute approximate surface area is 251 Å². The molecule has 188 valence electrons. The third-order valence-corrected chi connectivity index (χ3v) is 6.66. The molecule has 4 aromatic rings. The van der Waals surface area contributed by atoms with Gasteiger partial charge in [-0.25, -0.2) is 12.1 Å². The summed E-state index contributed by atoms with van der Waals surface area (Å²) < 4.78 is 0.